The van der Waals surface area contributed by atoms with E-state index in [2.05, 4.69) is 0 Å². The van der Waals surface area contributed by atoms with Gasteiger partial charge in [-0.3, -0.25) is 9.59 Å². The molecule has 3 rings (SSSR count). The summed E-state index contributed by atoms with van der Waals surface area (Å²) in [6.45, 7) is 0. The Balaban J connectivity index is 1.92. The maximum absolute atomic E-state index is 11.3. The first kappa shape index (κ1) is 12.2. The summed E-state index contributed by atoms with van der Waals surface area (Å²) in [5.41, 5.74) is 1.02. The van der Waals surface area contributed by atoms with E-state index >= 15 is 0 Å². The van der Waals surface area contributed by atoms with Gasteiger partial charge in [-0.25, -0.2) is 0 Å². The summed E-state index contributed by atoms with van der Waals surface area (Å²) in [6, 6.07) is 9.55. The van der Waals surface area contributed by atoms with Crippen LogP contribution in [0.2, 0.25) is 0 Å². The first-order valence-electron chi connectivity index (χ1n) is 6.25. The van der Waals surface area contributed by atoms with Gasteiger partial charge in [-0.1, -0.05) is 30.3 Å². The third kappa shape index (κ3) is 1.81. The Hall–Kier alpha value is -1.88. The van der Waals surface area contributed by atoms with Gasteiger partial charge in [-0.2, -0.15) is 0 Å². The van der Waals surface area contributed by atoms with E-state index in [1.54, 1.807) is 0 Å². The highest BCUT2D eigenvalue weighted by Crippen LogP contribution is 2.50. The van der Waals surface area contributed by atoms with Crippen LogP contribution in [0.15, 0.2) is 30.3 Å². The topological polar surface area (TPSA) is 83.8 Å². The van der Waals surface area contributed by atoms with Crippen molar-refractivity contribution < 1.29 is 24.5 Å². The van der Waals surface area contributed by atoms with E-state index in [0.29, 0.717) is 6.42 Å². The molecule has 2 N–H and O–H groups in total. The van der Waals surface area contributed by atoms with Gasteiger partial charge in [0.15, 0.2) is 0 Å². The average Bonchev–Trinajstić information content (AvgIpc) is 2.96. The molecule has 0 spiro atoms. The van der Waals surface area contributed by atoms with Crippen molar-refractivity contribution in [3.8, 4) is 0 Å². The van der Waals surface area contributed by atoms with Crippen LogP contribution in [0.25, 0.3) is 0 Å². The van der Waals surface area contributed by atoms with Crippen LogP contribution in [0.4, 0.5) is 0 Å². The number of rotatable bonds is 3. The predicted octanol–water partition coefficient (Wildman–Crippen LogP) is 1.34. The maximum atomic E-state index is 11.3. The Morgan fingerprint density at radius 1 is 1.05 bits per heavy atom. The number of ether oxygens (including phenoxy) is 1. The average molecular weight is 262 g/mol. The van der Waals surface area contributed by atoms with Gasteiger partial charge in [-0.05, 0) is 12.0 Å². The maximum Gasteiger partial charge on any atom is 0.310 e. The van der Waals surface area contributed by atoms with Gasteiger partial charge < -0.3 is 14.9 Å². The number of aliphatic carboxylic acids is 2. The van der Waals surface area contributed by atoms with Crippen LogP contribution in [0, 0.1) is 11.8 Å². The molecule has 2 aliphatic rings. The quantitative estimate of drug-likeness (QED) is 0.858. The van der Waals surface area contributed by atoms with Crippen LogP contribution in [0.3, 0.4) is 0 Å². The second-order valence-electron chi connectivity index (χ2n) is 5.12. The monoisotopic (exact) mass is 262 g/mol. The zero-order valence-corrected chi connectivity index (χ0v) is 10.1. The normalized spacial score (nSPS) is 36.3. The summed E-state index contributed by atoms with van der Waals surface area (Å²) in [5, 5.41) is 18.4. The number of carboxylic acid groups (broad SMARTS) is 2. The standard InChI is InChI=1S/C14H14O5/c15-13(16)10-9-6-8(7-4-2-1-3-5-7)12(19-9)11(10)14(17)18/h1-5,8-12H,6H2,(H,15,16)(H,17,18)/t8-,9-,10-,11-,12+/m0/s1. The van der Waals surface area contributed by atoms with Gasteiger partial charge in [-0.15, -0.1) is 0 Å². The minimum Gasteiger partial charge on any atom is -0.481 e. The van der Waals surface area contributed by atoms with E-state index in [1.807, 2.05) is 30.3 Å². The van der Waals surface area contributed by atoms with Crippen molar-refractivity contribution >= 4 is 11.9 Å². The molecule has 2 fully saturated rings. The van der Waals surface area contributed by atoms with Crippen molar-refractivity contribution in [2.45, 2.75) is 24.5 Å². The zero-order chi connectivity index (χ0) is 13.6. The van der Waals surface area contributed by atoms with Gasteiger partial charge >= 0.3 is 11.9 Å². The summed E-state index contributed by atoms with van der Waals surface area (Å²) in [7, 11) is 0. The molecule has 2 aliphatic heterocycles. The number of benzene rings is 1. The molecular formula is C14H14O5. The smallest absolute Gasteiger partial charge is 0.310 e. The lowest BCUT2D eigenvalue weighted by molar-refractivity contribution is -0.154. The minimum atomic E-state index is -1.08. The van der Waals surface area contributed by atoms with Crippen molar-refractivity contribution in [1.82, 2.24) is 0 Å². The second kappa shape index (κ2) is 4.35. The molecule has 0 amide bonds. The first-order chi connectivity index (χ1) is 9.09. The predicted molar refractivity (Wildman–Crippen MR) is 64.7 cm³/mol. The lowest BCUT2D eigenvalue weighted by Crippen LogP contribution is -2.41. The molecule has 2 heterocycles. The van der Waals surface area contributed by atoms with Crippen LogP contribution >= 0.6 is 0 Å². The van der Waals surface area contributed by atoms with Crippen molar-refractivity contribution in [2.75, 3.05) is 0 Å². The van der Waals surface area contributed by atoms with Crippen LogP contribution < -0.4 is 0 Å². The third-order valence-electron chi connectivity index (χ3n) is 4.15. The molecule has 19 heavy (non-hydrogen) atoms. The van der Waals surface area contributed by atoms with Crippen LogP contribution in [0.1, 0.15) is 17.9 Å². The molecule has 0 saturated carbocycles. The molecule has 100 valence electrons. The van der Waals surface area contributed by atoms with E-state index in [9.17, 15) is 14.7 Å². The highest BCUT2D eigenvalue weighted by atomic mass is 16.5. The van der Waals surface area contributed by atoms with Crippen molar-refractivity contribution in [1.29, 1.82) is 0 Å². The summed E-state index contributed by atoms with van der Waals surface area (Å²) >= 11 is 0. The molecule has 5 nitrogen and oxygen atoms in total. The Kier molecular flexibility index (Phi) is 2.78. The van der Waals surface area contributed by atoms with Gasteiger partial charge in [0.05, 0.1) is 24.0 Å². The largest absolute Gasteiger partial charge is 0.481 e. The van der Waals surface area contributed by atoms with E-state index in [1.165, 1.54) is 0 Å². The molecule has 1 aromatic rings. The molecule has 5 atom stereocenters. The molecule has 0 aromatic heterocycles. The SMILES string of the molecule is O=C(O)[C@@H]1[C@@H]2O[C@@H](C[C@H]2c2ccccc2)[C@@H]1C(=O)O. The summed E-state index contributed by atoms with van der Waals surface area (Å²) in [6.07, 6.45) is -0.449. The van der Waals surface area contributed by atoms with Crippen LogP contribution in [0.5, 0.6) is 0 Å². The number of fused-ring (bicyclic) bond motifs is 2. The highest BCUT2D eigenvalue weighted by Gasteiger charge is 2.60. The molecule has 2 saturated heterocycles. The van der Waals surface area contributed by atoms with E-state index < -0.39 is 36.0 Å². The molecule has 2 bridgehead atoms. The minimum absolute atomic E-state index is 0.0251. The Morgan fingerprint density at radius 3 is 2.26 bits per heavy atom. The van der Waals surface area contributed by atoms with E-state index in [4.69, 9.17) is 9.84 Å². The Morgan fingerprint density at radius 2 is 1.68 bits per heavy atom. The Bertz CT molecular complexity index is 512. The number of hydrogen-bond donors (Lipinski definition) is 2. The van der Waals surface area contributed by atoms with Crippen LogP contribution in [-0.2, 0) is 14.3 Å². The zero-order valence-electron chi connectivity index (χ0n) is 10.1. The fraction of sp³-hybridized carbons (Fsp3) is 0.429. The first-order valence-corrected chi connectivity index (χ1v) is 6.25. The summed E-state index contributed by atoms with van der Waals surface area (Å²) < 4.78 is 5.63. The van der Waals surface area contributed by atoms with E-state index in [-0.39, 0.29) is 5.92 Å². The lowest BCUT2D eigenvalue weighted by Gasteiger charge is -2.28. The van der Waals surface area contributed by atoms with Gasteiger partial charge in [0.2, 0.25) is 0 Å². The fourth-order valence-electron chi connectivity index (χ4n) is 3.37. The molecule has 5 heteroatoms. The van der Waals surface area contributed by atoms with E-state index in [0.717, 1.165) is 5.56 Å². The van der Waals surface area contributed by atoms with Crippen molar-refractivity contribution in [2.24, 2.45) is 11.8 Å². The molecule has 0 unspecified atom stereocenters. The Labute approximate surface area is 109 Å². The number of carbonyl (C=O) groups is 2. The summed E-state index contributed by atoms with van der Waals surface area (Å²) in [4.78, 5) is 22.5. The third-order valence-corrected chi connectivity index (χ3v) is 4.15. The fourth-order valence-corrected chi connectivity index (χ4v) is 3.37. The molecule has 0 aliphatic carbocycles. The highest BCUT2D eigenvalue weighted by molar-refractivity contribution is 5.82. The van der Waals surface area contributed by atoms with Crippen molar-refractivity contribution in [3.05, 3.63) is 35.9 Å². The number of carboxylic acids is 2. The molecule has 1 aromatic carbocycles. The summed E-state index contributed by atoms with van der Waals surface area (Å²) in [5.74, 6) is -4.07. The second-order valence-corrected chi connectivity index (χ2v) is 5.12. The molecule has 0 radical (unpaired) electrons. The molecular weight excluding hydrogens is 248 g/mol. The van der Waals surface area contributed by atoms with Gasteiger partial charge in [0.25, 0.3) is 0 Å². The van der Waals surface area contributed by atoms with Crippen LogP contribution in [-0.4, -0.2) is 34.4 Å². The number of hydrogen-bond acceptors (Lipinski definition) is 3. The lowest BCUT2D eigenvalue weighted by atomic mass is 9.72. The van der Waals surface area contributed by atoms with Gasteiger partial charge in [0.1, 0.15) is 0 Å². The van der Waals surface area contributed by atoms with Gasteiger partial charge in [0, 0.05) is 5.92 Å². The van der Waals surface area contributed by atoms with Crippen molar-refractivity contribution in [3.63, 3.8) is 0 Å².